The molecule has 0 bridgehead atoms. The number of carbonyl (C=O) groups excluding carboxylic acids is 1. The summed E-state index contributed by atoms with van der Waals surface area (Å²) in [6, 6.07) is 12.0. The molecule has 1 N–H and O–H groups in total. The Morgan fingerprint density at radius 3 is 2.58 bits per heavy atom. The second-order valence-electron chi connectivity index (χ2n) is 5.52. The number of hydrogen-bond donors (Lipinski definition) is 1. The number of benzene rings is 2. The first-order valence-corrected chi connectivity index (χ1v) is 8.53. The molecule has 7 heteroatoms. The van der Waals surface area contributed by atoms with Gasteiger partial charge in [-0.3, -0.25) is 4.79 Å². The number of aromatic nitrogens is 2. The number of para-hydroxylation sites is 1. The molecule has 0 aliphatic heterocycles. The van der Waals surface area contributed by atoms with Crippen molar-refractivity contribution in [2.45, 2.75) is 13.0 Å². The van der Waals surface area contributed by atoms with Crippen molar-refractivity contribution in [2.24, 2.45) is 0 Å². The predicted molar refractivity (Wildman–Crippen MR) is 102 cm³/mol. The third-order valence-corrected chi connectivity index (χ3v) is 4.35. The summed E-state index contributed by atoms with van der Waals surface area (Å²) in [6.45, 7) is 1.63. The van der Waals surface area contributed by atoms with Crippen LogP contribution in [0.15, 0.2) is 53.3 Å². The van der Waals surface area contributed by atoms with E-state index in [0.717, 1.165) is 0 Å². The number of halogens is 2. The molecule has 0 amide bonds. The Hall–Kier alpha value is -2.63. The maximum atomic E-state index is 12.1. The van der Waals surface area contributed by atoms with Crippen LogP contribution in [0.1, 0.15) is 24.4 Å². The fourth-order valence-electron chi connectivity index (χ4n) is 2.39. The van der Waals surface area contributed by atoms with Gasteiger partial charge in [0, 0.05) is 21.7 Å². The van der Waals surface area contributed by atoms with Crippen LogP contribution < -0.4 is 5.56 Å². The zero-order valence-electron chi connectivity index (χ0n) is 13.7. The van der Waals surface area contributed by atoms with Gasteiger partial charge in [0.25, 0.3) is 5.56 Å². The average Bonchev–Trinajstić information content (AvgIpc) is 2.61. The molecule has 1 aromatic heterocycles. The van der Waals surface area contributed by atoms with Crippen molar-refractivity contribution in [1.29, 1.82) is 0 Å². The molecule has 0 aliphatic rings. The standard InChI is InChI=1S/C19H14Cl2N2O3/c1-11(18-22-16-8-3-2-5-13(16)19(25)23-18)26-17(24)10-9-12-14(20)6-4-7-15(12)21/h2-11H,1H3,(H,22,23,25)/b10-9+/t11-/m0/s1. The number of fused-ring (bicyclic) bond motifs is 1. The first kappa shape index (κ1) is 18.2. The van der Waals surface area contributed by atoms with Gasteiger partial charge in [-0.1, -0.05) is 41.4 Å². The Balaban J connectivity index is 1.77. The molecule has 0 unspecified atom stereocenters. The van der Waals surface area contributed by atoms with Gasteiger partial charge in [-0.15, -0.1) is 0 Å². The van der Waals surface area contributed by atoms with Crippen LogP contribution in [-0.2, 0) is 9.53 Å². The van der Waals surface area contributed by atoms with Crippen molar-refractivity contribution in [3.05, 3.63) is 80.3 Å². The molecule has 0 fully saturated rings. The largest absolute Gasteiger partial charge is 0.451 e. The van der Waals surface area contributed by atoms with E-state index in [-0.39, 0.29) is 11.4 Å². The molecular weight excluding hydrogens is 375 g/mol. The third kappa shape index (κ3) is 3.95. The molecule has 0 saturated carbocycles. The van der Waals surface area contributed by atoms with Crippen molar-refractivity contribution in [2.75, 3.05) is 0 Å². The smallest absolute Gasteiger partial charge is 0.331 e. The fourth-order valence-corrected chi connectivity index (χ4v) is 2.91. The van der Waals surface area contributed by atoms with Crippen LogP contribution in [0, 0.1) is 0 Å². The van der Waals surface area contributed by atoms with Crippen LogP contribution in [0.2, 0.25) is 10.0 Å². The van der Waals surface area contributed by atoms with Crippen molar-refractivity contribution in [1.82, 2.24) is 9.97 Å². The van der Waals surface area contributed by atoms with Crippen molar-refractivity contribution >= 4 is 46.2 Å². The first-order valence-electron chi connectivity index (χ1n) is 7.77. The van der Waals surface area contributed by atoms with Gasteiger partial charge in [0.1, 0.15) is 0 Å². The first-order chi connectivity index (χ1) is 12.5. The summed E-state index contributed by atoms with van der Waals surface area (Å²) in [6.07, 6.45) is 1.98. The van der Waals surface area contributed by atoms with Gasteiger partial charge >= 0.3 is 5.97 Å². The van der Waals surface area contributed by atoms with E-state index in [9.17, 15) is 9.59 Å². The predicted octanol–water partition coefficient (Wildman–Crippen LogP) is 4.55. The van der Waals surface area contributed by atoms with Crippen LogP contribution in [0.5, 0.6) is 0 Å². The lowest BCUT2D eigenvalue weighted by Gasteiger charge is -2.11. The summed E-state index contributed by atoms with van der Waals surface area (Å²) in [5, 5.41) is 1.33. The molecule has 0 aliphatic carbocycles. The summed E-state index contributed by atoms with van der Waals surface area (Å²) in [7, 11) is 0. The van der Waals surface area contributed by atoms with Gasteiger partial charge in [-0.25, -0.2) is 9.78 Å². The summed E-state index contributed by atoms with van der Waals surface area (Å²) in [5.41, 5.74) is 0.775. The van der Waals surface area contributed by atoms with Crippen molar-refractivity contribution < 1.29 is 9.53 Å². The van der Waals surface area contributed by atoms with Crippen molar-refractivity contribution in [3.63, 3.8) is 0 Å². The summed E-state index contributed by atoms with van der Waals surface area (Å²) in [5.74, 6) is -0.337. The highest BCUT2D eigenvalue weighted by Crippen LogP contribution is 2.25. The van der Waals surface area contributed by atoms with E-state index in [2.05, 4.69) is 9.97 Å². The summed E-state index contributed by atoms with van der Waals surface area (Å²) < 4.78 is 5.30. The van der Waals surface area contributed by atoms with E-state index in [1.54, 1.807) is 49.4 Å². The fraction of sp³-hybridized carbons (Fsp3) is 0.105. The molecule has 3 rings (SSSR count). The highest BCUT2D eigenvalue weighted by Gasteiger charge is 2.14. The Morgan fingerprint density at radius 2 is 1.85 bits per heavy atom. The Labute approximate surface area is 159 Å². The van der Waals surface area contributed by atoms with E-state index < -0.39 is 12.1 Å². The lowest BCUT2D eigenvalue weighted by atomic mass is 10.2. The quantitative estimate of drug-likeness (QED) is 0.525. The maximum Gasteiger partial charge on any atom is 0.331 e. The minimum absolute atomic E-state index is 0.270. The van der Waals surface area contributed by atoms with E-state index in [0.29, 0.717) is 26.5 Å². The minimum Gasteiger partial charge on any atom is -0.451 e. The van der Waals surface area contributed by atoms with Gasteiger partial charge in [0.05, 0.1) is 10.9 Å². The molecule has 1 heterocycles. The number of H-pyrrole nitrogens is 1. The number of aromatic amines is 1. The van der Waals surface area contributed by atoms with Gasteiger partial charge in [0.15, 0.2) is 11.9 Å². The Morgan fingerprint density at radius 1 is 1.15 bits per heavy atom. The normalized spacial score (nSPS) is 12.4. The molecular formula is C19H14Cl2N2O3. The third-order valence-electron chi connectivity index (χ3n) is 3.69. The van der Waals surface area contributed by atoms with Crippen LogP contribution in [0.25, 0.3) is 17.0 Å². The summed E-state index contributed by atoms with van der Waals surface area (Å²) >= 11 is 12.1. The van der Waals surface area contributed by atoms with Gasteiger partial charge in [-0.2, -0.15) is 0 Å². The maximum absolute atomic E-state index is 12.1. The van der Waals surface area contributed by atoms with E-state index >= 15 is 0 Å². The zero-order valence-corrected chi connectivity index (χ0v) is 15.2. The average molecular weight is 389 g/mol. The van der Waals surface area contributed by atoms with Crippen molar-refractivity contribution in [3.8, 4) is 0 Å². The van der Waals surface area contributed by atoms with Crippen LogP contribution in [-0.4, -0.2) is 15.9 Å². The van der Waals surface area contributed by atoms with E-state index in [1.165, 1.54) is 12.2 Å². The minimum atomic E-state index is -0.730. The van der Waals surface area contributed by atoms with E-state index in [1.807, 2.05) is 0 Å². The molecule has 132 valence electrons. The number of nitrogens with one attached hydrogen (secondary N) is 1. The van der Waals surface area contributed by atoms with E-state index in [4.69, 9.17) is 27.9 Å². The molecule has 0 spiro atoms. The second-order valence-corrected chi connectivity index (χ2v) is 6.33. The molecule has 0 radical (unpaired) electrons. The molecule has 2 aromatic carbocycles. The topological polar surface area (TPSA) is 72.0 Å². The Bertz CT molecular complexity index is 1040. The molecule has 5 nitrogen and oxygen atoms in total. The summed E-state index contributed by atoms with van der Waals surface area (Å²) in [4.78, 5) is 31.1. The Kier molecular flexibility index (Phi) is 5.40. The number of esters is 1. The van der Waals surface area contributed by atoms with Gasteiger partial charge in [0.2, 0.25) is 0 Å². The molecule has 0 saturated heterocycles. The second kappa shape index (κ2) is 7.72. The number of ether oxygens (including phenoxy) is 1. The molecule has 26 heavy (non-hydrogen) atoms. The lowest BCUT2D eigenvalue weighted by Crippen LogP contribution is -2.16. The van der Waals surface area contributed by atoms with Crippen LogP contribution >= 0.6 is 23.2 Å². The number of carbonyl (C=O) groups is 1. The molecule has 3 aromatic rings. The van der Waals surface area contributed by atoms with Crippen LogP contribution in [0.4, 0.5) is 0 Å². The monoisotopic (exact) mass is 388 g/mol. The highest BCUT2D eigenvalue weighted by molar-refractivity contribution is 6.37. The highest BCUT2D eigenvalue weighted by atomic mass is 35.5. The van der Waals surface area contributed by atoms with Crippen LogP contribution in [0.3, 0.4) is 0 Å². The SMILES string of the molecule is C[C@H](OC(=O)/C=C/c1c(Cl)cccc1Cl)c1nc2ccccc2c(=O)[nH]1. The number of hydrogen-bond acceptors (Lipinski definition) is 4. The number of rotatable bonds is 4. The lowest BCUT2D eigenvalue weighted by molar-refractivity contribution is -0.142. The zero-order chi connectivity index (χ0) is 18.7. The van der Waals surface area contributed by atoms with Gasteiger partial charge < -0.3 is 9.72 Å². The number of nitrogens with zero attached hydrogens (tertiary/aromatic N) is 1. The molecule has 1 atom stereocenters. The van der Waals surface area contributed by atoms with Gasteiger partial charge in [-0.05, 0) is 37.3 Å².